The second kappa shape index (κ2) is 5.63. The molecule has 8 nitrogen and oxygen atoms in total. The lowest BCUT2D eigenvalue weighted by atomic mass is 10.1. The number of nitrogens with two attached hydrogens (primary N) is 1. The molecular formula is C9H13ClN3O5-. The monoisotopic (exact) mass is 278 g/mol. The Morgan fingerprint density at radius 3 is 2.61 bits per heavy atom. The molecule has 4 atom stereocenters. The van der Waals surface area contributed by atoms with E-state index in [0.29, 0.717) is 0 Å². The van der Waals surface area contributed by atoms with E-state index in [2.05, 4.69) is 4.98 Å². The molecule has 102 valence electrons. The Labute approximate surface area is 108 Å². The number of ether oxygens (including phenoxy) is 1. The zero-order valence-corrected chi connectivity index (χ0v) is 9.94. The van der Waals surface area contributed by atoms with E-state index in [4.69, 9.17) is 15.6 Å². The second-order valence-corrected chi connectivity index (χ2v) is 3.77. The van der Waals surface area contributed by atoms with E-state index < -0.39 is 36.8 Å². The first-order valence-corrected chi connectivity index (χ1v) is 5.01. The molecule has 0 amide bonds. The van der Waals surface area contributed by atoms with Gasteiger partial charge in [0.15, 0.2) is 6.23 Å². The molecule has 0 radical (unpaired) electrons. The fraction of sp³-hybridized carbons (Fsp3) is 0.556. The van der Waals surface area contributed by atoms with Gasteiger partial charge in [-0.2, -0.15) is 4.98 Å². The standard InChI is InChI=1S/C9H13N3O5.ClH/c10-5-1-2-12(9(16)11-5)8-7(15)6(14)4(3-13)17-8;/h1-2,4,6-8,13-15H,3H2,(H2,10,11,16);1H/p-1. The summed E-state index contributed by atoms with van der Waals surface area (Å²) in [5, 5.41) is 28.2. The van der Waals surface area contributed by atoms with Crippen LogP contribution in [-0.2, 0) is 4.74 Å². The number of hydrogen-bond acceptors (Lipinski definition) is 7. The van der Waals surface area contributed by atoms with Gasteiger partial charge in [0.2, 0.25) is 0 Å². The highest BCUT2D eigenvalue weighted by Gasteiger charge is 2.43. The van der Waals surface area contributed by atoms with Gasteiger partial charge in [-0.25, -0.2) is 4.79 Å². The van der Waals surface area contributed by atoms with Crippen molar-refractivity contribution in [3.05, 3.63) is 22.7 Å². The average Bonchev–Trinajstić information content (AvgIpc) is 2.57. The number of nitrogens with zero attached hydrogens (tertiary/aromatic N) is 2. The first-order chi connectivity index (χ1) is 8.04. The zero-order chi connectivity index (χ0) is 12.6. The number of halogens is 1. The molecule has 1 fully saturated rings. The van der Waals surface area contributed by atoms with Crippen molar-refractivity contribution >= 4 is 5.82 Å². The summed E-state index contributed by atoms with van der Waals surface area (Å²) in [5.41, 5.74) is 4.63. The first-order valence-electron chi connectivity index (χ1n) is 5.01. The van der Waals surface area contributed by atoms with Crippen LogP contribution in [0, 0.1) is 0 Å². The van der Waals surface area contributed by atoms with Crippen LogP contribution in [0.15, 0.2) is 17.1 Å². The summed E-state index contributed by atoms with van der Waals surface area (Å²) in [5.74, 6) is 0.0537. The maximum absolute atomic E-state index is 11.5. The van der Waals surface area contributed by atoms with Crippen molar-refractivity contribution in [3.63, 3.8) is 0 Å². The number of hydrogen-bond donors (Lipinski definition) is 4. The third kappa shape index (κ3) is 2.47. The van der Waals surface area contributed by atoms with Gasteiger partial charge in [-0.05, 0) is 6.07 Å². The van der Waals surface area contributed by atoms with Gasteiger partial charge < -0.3 is 38.2 Å². The van der Waals surface area contributed by atoms with E-state index in [1.54, 1.807) is 0 Å². The topological polar surface area (TPSA) is 131 Å². The predicted octanol–water partition coefficient (Wildman–Crippen LogP) is -5.56. The van der Waals surface area contributed by atoms with Gasteiger partial charge in [-0.3, -0.25) is 4.57 Å². The van der Waals surface area contributed by atoms with Crippen LogP contribution in [0.2, 0.25) is 0 Å². The lowest BCUT2D eigenvalue weighted by Gasteiger charge is -2.16. The average molecular weight is 279 g/mol. The molecule has 0 aliphatic carbocycles. The van der Waals surface area contributed by atoms with Crippen molar-refractivity contribution in [2.24, 2.45) is 0 Å². The number of aliphatic hydroxyl groups excluding tert-OH is 3. The number of rotatable bonds is 2. The number of aliphatic hydroxyl groups is 3. The Hall–Kier alpha value is -1.19. The summed E-state index contributed by atoms with van der Waals surface area (Å²) in [6.45, 7) is -0.453. The van der Waals surface area contributed by atoms with Crippen LogP contribution in [-0.4, -0.2) is 49.8 Å². The molecule has 4 unspecified atom stereocenters. The number of aromatic nitrogens is 2. The maximum atomic E-state index is 11.5. The van der Waals surface area contributed by atoms with Crippen molar-refractivity contribution in [2.75, 3.05) is 12.3 Å². The minimum absolute atomic E-state index is 0. The molecule has 0 bridgehead atoms. The van der Waals surface area contributed by atoms with Crippen molar-refractivity contribution in [1.29, 1.82) is 0 Å². The summed E-state index contributed by atoms with van der Waals surface area (Å²) < 4.78 is 6.19. The van der Waals surface area contributed by atoms with Crippen LogP contribution >= 0.6 is 0 Å². The van der Waals surface area contributed by atoms with E-state index in [1.807, 2.05) is 0 Å². The molecule has 5 N–H and O–H groups in total. The molecule has 2 rings (SSSR count). The SMILES string of the molecule is Nc1ccn(C2OC(CO)C(O)C2O)c(=O)n1.[Cl-]. The van der Waals surface area contributed by atoms with E-state index in [1.165, 1.54) is 12.3 Å². The Bertz CT molecular complexity index is 468. The van der Waals surface area contributed by atoms with Crippen LogP contribution in [0.3, 0.4) is 0 Å². The second-order valence-electron chi connectivity index (χ2n) is 3.77. The minimum atomic E-state index is -1.31. The summed E-state index contributed by atoms with van der Waals surface area (Å²) in [6.07, 6.45) is -3.27. The molecule has 1 saturated heterocycles. The van der Waals surface area contributed by atoms with E-state index in [9.17, 15) is 15.0 Å². The number of nitrogen functional groups attached to an aromatic ring is 1. The fourth-order valence-corrected chi connectivity index (χ4v) is 1.73. The molecule has 1 aliphatic rings. The summed E-state index contributed by atoms with van der Waals surface area (Å²) >= 11 is 0. The van der Waals surface area contributed by atoms with Crippen LogP contribution < -0.4 is 23.8 Å². The molecule has 18 heavy (non-hydrogen) atoms. The Balaban J connectivity index is 0.00000162. The smallest absolute Gasteiger partial charge is 0.351 e. The molecule has 1 aliphatic heterocycles. The molecule has 0 spiro atoms. The number of anilines is 1. The van der Waals surface area contributed by atoms with Crippen LogP contribution in [0.5, 0.6) is 0 Å². The largest absolute Gasteiger partial charge is 1.00 e. The highest BCUT2D eigenvalue weighted by Crippen LogP contribution is 2.27. The summed E-state index contributed by atoms with van der Waals surface area (Å²) in [4.78, 5) is 15.0. The van der Waals surface area contributed by atoms with Crippen molar-refractivity contribution in [3.8, 4) is 0 Å². The first kappa shape index (κ1) is 14.9. The van der Waals surface area contributed by atoms with Crippen LogP contribution in [0.4, 0.5) is 5.82 Å². The highest BCUT2D eigenvalue weighted by molar-refractivity contribution is 5.23. The molecule has 9 heteroatoms. The quantitative estimate of drug-likeness (QED) is 0.424. The third-order valence-corrected chi connectivity index (χ3v) is 2.64. The fourth-order valence-electron chi connectivity index (χ4n) is 1.73. The van der Waals surface area contributed by atoms with Crippen LogP contribution in [0.25, 0.3) is 0 Å². The van der Waals surface area contributed by atoms with Crippen molar-refractivity contribution in [1.82, 2.24) is 9.55 Å². The minimum Gasteiger partial charge on any atom is -1.00 e. The Morgan fingerprint density at radius 1 is 1.44 bits per heavy atom. The predicted molar refractivity (Wildman–Crippen MR) is 55.9 cm³/mol. The van der Waals surface area contributed by atoms with Crippen LogP contribution in [0.1, 0.15) is 6.23 Å². The lowest BCUT2D eigenvalue weighted by Crippen LogP contribution is -3.00. The van der Waals surface area contributed by atoms with Gasteiger partial charge in [-0.15, -0.1) is 0 Å². The molecule has 0 aromatic carbocycles. The Kier molecular flexibility index (Phi) is 4.65. The molecule has 1 aromatic heterocycles. The third-order valence-electron chi connectivity index (χ3n) is 2.64. The van der Waals surface area contributed by atoms with E-state index in [-0.39, 0.29) is 18.2 Å². The zero-order valence-electron chi connectivity index (χ0n) is 9.18. The van der Waals surface area contributed by atoms with Gasteiger partial charge in [0.25, 0.3) is 0 Å². The van der Waals surface area contributed by atoms with Gasteiger partial charge in [-0.1, -0.05) is 0 Å². The summed E-state index contributed by atoms with van der Waals surface area (Å²) in [6, 6.07) is 1.37. The summed E-state index contributed by atoms with van der Waals surface area (Å²) in [7, 11) is 0. The van der Waals surface area contributed by atoms with Gasteiger partial charge in [0.05, 0.1) is 6.61 Å². The van der Waals surface area contributed by atoms with Crippen molar-refractivity contribution < 1.29 is 32.5 Å². The maximum Gasteiger partial charge on any atom is 0.351 e. The normalized spacial score (nSPS) is 31.1. The molecule has 1 aromatic rings. The Morgan fingerprint density at radius 2 is 2.11 bits per heavy atom. The van der Waals surface area contributed by atoms with E-state index >= 15 is 0 Å². The lowest BCUT2D eigenvalue weighted by molar-refractivity contribution is -0.0549. The van der Waals surface area contributed by atoms with Gasteiger partial charge >= 0.3 is 5.69 Å². The molecular weight excluding hydrogens is 266 g/mol. The van der Waals surface area contributed by atoms with E-state index in [0.717, 1.165) is 4.57 Å². The molecule has 2 heterocycles. The van der Waals surface area contributed by atoms with Crippen molar-refractivity contribution in [2.45, 2.75) is 24.5 Å². The molecule has 0 saturated carbocycles. The van der Waals surface area contributed by atoms with Gasteiger partial charge in [0.1, 0.15) is 24.1 Å². The highest BCUT2D eigenvalue weighted by atomic mass is 35.5. The van der Waals surface area contributed by atoms with Gasteiger partial charge in [0, 0.05) is 6.20 Å².